The van der Waals surface area contributed by atoms with Crippen LogP contribution in [0.3, 0.4) is 0 Å². The van der Waals surface area contributed by atoms with Crippen molar-refractivity contribution in [1.82, 2.24) is 24.4 Å². The van der Waals surface area contributed by atoms with Crippen LogP contribution in [0, 0.1) is 18.3 Å². The van der Waals surface area contributed by atoms with E-state index < -0.39 is 0 Å². The Morgan fingerprint density at radius 3 is 2.81 bits per heavy atom. The first kappa shape index (κ1) is 16.4. The highest BCUT2D eigenvalue weighted by atomic mass is 15.1. The van der Waals surface area contributed by atoms with Crippen molar-refractivity contribution in [3.63, 3.8) is 0 Å². The fraction of sp³-hybridized carbons (Fsp3) is 0.300. The second-order valence-corrected chi connectivity index (χ2v) is 6.67. The Balaban J connectivity index is 1.53. The first-order valence-corrected chi connectivity index (χ1v) is 8.68. The minimum atomic E-state index is 0.709. The van der Waals surface area contributed by atoms with Crippen LogP contribution in [-0.2, 0) is 26.6 Å². The van der Waals surface area contributed by atoms with E-state index in [1.165, 1.54) is 11.1 Å². The van der Waals surface area contributed by atoms with Gasteiger partial charge in [0.2, 0.25) is 0 Å². The van der Waals surface area contributed by atoms with Gasteiger partial charge in [0.25, 0.3) is 0 Å². The van der Waals surface area contributed by atoms with Crippen LogP contribution in [-0.4, -0.2) is 31.0 Å². The van der Waals surface area contributed by atoms with Gasteiger partial charge in [0, 0.05) is 68.5 Å². The molecule has 0 fully saturated rings. The number of rotatable bonds is 3. The van der Waals surface area contributed by atoms with Crippen molar-refractivity contribution < 1.29 is 0 Å². The molecule has 0 saturated carbocycles. The summed E-state index contributed by atoms with van der Waals surface area (Å²) in [5.41, 5.74) is 6.38. The largest absolute Gasteiger partial charge is 0.340 e. The third-order valence-corrected chi connectivity index (χ3v) is 5.10. The zero-order valence-electron chi connectivity index (χ0n) is 15.0. The average Bonchev–Trinajstić information content (AvgIpc) is 2.96. The van der Waals surface area contributed by atoms with Crippen molar-refractivity contribution in [1.29, 1.82) is 5.26 Å². The van der Waals surface area contributed by atoms with Crippen LogP contribution < -0.4 is 0 Å². The maximum Gasteiger partial charge on any atom is 0.159 e. The standard InChI is InChI=1S/C20H20N6/c1-14-16(9-18(10-21)25(14)2)12-26-8-5-19-17(13-26)11-23-20(24-19)15-3-6-22-7-4-15/h3-4,6-7,9,11H,5,8,12-13H2,1-2H3. The van der Waals surface area contributed by atoms with E-state index in [2.05, 4.69) is 27.9 Å². The molecule has 0 aromatic carbocycles. The van der Waals surface area contributed by atoms with Crippen molar-refractivity contribution in [2.45, 2.75) is 26.4 Å². The predicted molar refractivity (Wildman–Crippen MR) is 97.9 cm³/mol. The summed E-state index contributed by atoms with van der Waals surface area (Å²) >= 11 is 0. The van der Waals surface area contributed by atoms with Crippen LogP contribution in [0.4, 0.5) is 0 Å². The van der Waals surface area contributed by atoms with Gasteiger partial charge in [-0.05, 0) is 30.7 Å². The normalized spacial score (nSPS) is 14.0. The lowest BCUT2D eigenvalue weighted by Gasteiger charge is -2.28. The van der Waals surface area contributed by atoms with Gasteiger partial charge in [0.1, 0.15) is 11.8 Å². The molecular formula is C20H20N6. The molecule has 0 aliphatic carbocycles. The minimum absolute atomic E-state index is 0.709. The smallest absolute Gasteiger partial charge is 0.159 e. The molecule has 0 atom stereocenters. The lowest BCUT2D eigenvalue weighted by atomic mass is 10.1. The number of hydrogen-bond acceptors (Lipinski definition) is 5. The number of aromatic nitrogens is 4. The van der Waals surface area contributed by atoms with E-state index in [0.29, 0.717) is 5.69 Å². The number of nitrogens with zero attached hydrogens (tertiary/aromatic N) is 6. The first-order chi connectivity index (χ1) is 12.7. The molecule has 6 heteroatoms. The highest BCUT2D eigenvalue weighted by Crippen LogP contribution is 2.23. The molecule has 3 aromatic rings. The Morgan fingerprint density at radius 1 is 1.27 bits per heavy atom. The molecule has 0 N–H and O–H groups in total. The summed E-state index contributed by atoms with van der Waals surface area (Å²) in [6.07, 6.45) is 6.38. The number of nitriles is 1. The molecule has 4 rings (SSSR count). The molecule has 0 bridgehead atoms. The fourth-order valence-electron chi connectivity index (χ4n) is 3.42. The third-order valence-electron chi connectivity index (χ3n) is 5.10. The second-order valence-electron chi connectivity index (χ2n) is 6.67. The predicted octanol–water partition coefficient (Wildman–Crippen LogP) is 2.62. The summed E-state index contributed by atoms with van der Waals surface area (Å²) in [7, 11) is 1.94. The molecular weight excluding hydrogens is 324 g/mol. The van der Waals surface area contributed by atoms with Gasteiger partial charge in [-0.2, -0.15) is 5.26 Å². The van der Waals surface area contributed by atoms with Crippen molar-refractivity contribution in [2.24, 2.45) is 7.05 Å². The third kappa shape index (κ3) is 2.98. The van der Waals surface area contributed by atoms with Gasteiger partial charge in [-0.15, -0.1) is 0 Å². The molecule has 0 saturated heterocycles. The number of hydrogen-bond donors (Lipinski definition) is 0. The van der Waals surface area contributed by atoms with Crippen LogP contribution in [0.1, 0.15) is 28.2 Å². The van der Waals surface area contributed by atoms with Crippen LogP contribution >= 0.6 is 0 Å². The van der Waals surface area contributed by atoms with Crippen molar-refractivity contribution in [3.05, 3.63) is 65.0 Å². The Labute approximate surface area is 152 Å². The molecule has 26 heavy (non-hydrogen) atoms. The molecule has 6 nitrogen and oxygen atoms in total. The molecule has 0 spiro atoms. The van der Waals surface area contributed by atoms with Crippen LogP contribution in [0.2, 0.25) is 0 Å². The second kappa shape index (κ2) is 6.70. The molecule has 3 aromatic heterocycles. The van der Waals surface area contributed by atoms with Gasteiger partial charge in [0.05, 0.1) is 5.69 Å². The maximum atomic E-state index is 9.21. The highest BCUT2D eigenvalue weighted by molar-refractivity contribution is 5.54. The van der Waals surface area contributed by atoms with Gasteiger partial charge >= 0.3 is 0 Å². The Bertz CT molecular complexity index is 984. The van der Waals surface area contributed by atoms with Gasteiger partial charge < -0.3 is 4.57 Å². The maximum absolute atomic E-state index is 9.21. The molecule has 0 unspecified atom stereocenters. The van der Waals surface area contributed by atoms with Crippen LogP contribution in [0.15, 0.2) is 36.8 Å². The first-order valence-electron chi connectivity index (χ1n) is 8.68. The lowest BCUT2D eigenvalue weighted by molar-refractivity contribution is 0.242. The SMILES string of the molecule is Cc1c(CN2CCc3nc(-c4ccncc4)ncc3C2)cc(C#N)n1C. The topological polar surface area (TPSA) is 70.6 Å². The monoisotopic (exact) mass is 344 g/mol. The molecule has 1 aliphatic heterocycles. The van der Waals surface area contributed by atoms with Gasteiger partial charge in [-0.3, -0.25) is 9.88 Å². The summed E-state index contributed by atoms with van der Waals surface area (Å²) in [6, 6.07) is 8.11. The van der Waals surface area contributed by atoms with Crippen molar-refractivity contribution in [2.75, 3.05) is 6.54 Å². The summed E-state index contributed by atoms with van der Waals surface area (Å²) in [4.78, 5) is 15.7. The zero-order chi connectivity index (χ0) is 18.1. The van der Waals surface area contributed by atoms with Crippen molar-refractivity contribution >= 4 is 0 Å². The van der Waals surface area contributed by atoms with Gasteiger partial charge in [0.15, 0.2) is 5.82 Å². The minimum Gasteiger partial charge on any atom is -0.340 e. The van der Waals surface area contributed by atoms with Gasteiger partial charge in [-0.25, -0.2) is 9.97 Å². The van der Waals surface area contributed by atoms with E-state index in [9.17, 15) is 5.26 Å². The molecule has 0 amide bonds. The van der Waals surface area contributed by atoms with Crippen LogP contribution in [0.5, 0.6) is 0 Å². The summed E-state index contributed by atoms with van der Waals surface area (Å²) in [5.74, 6) is 0.761. The lowest BCUT2D eigenvalue weighted by Crippen LogP contribution is -2.31. The summed E-state index contributed by atoms with van der Waals surface area (Å²) in [5, 5.41) is 9.21. The highest BCUT2D eigenvalue weighted by Gasteiger charge is 2.20. The zero-order valence-corrected chi connectivity index (χ0v) is 15.0. The summed E-state index contributed by atoms with van der Waals surface area (Å²) in [6.45, 7) is 4.70. The molecule has 1 aliphatic rings. The number of fused-ring (bicyclic) bond motifs is 1. The van der Waals surface area contributed by atoms with Gasteiger partial charge in [-0.1, -0.05) is 0 Å². The van der Waals surface area contributed by atoms with E-state index in [1.54, 1.807) is 12.4 Å². The fourth-order valence-corrected chi connectivity index (χ4v) is 3.42. The Morgan fingerprint density at radius 2 is 2.08 bits per heavy atom. The quantitative estimate of drug-likeness (QED) is 0.730. The van der Waals surface area contributed by atoms with E-state index in [4.69, 9.17) is 4.98 Å². The average molecular weight is 344 g/mol. The van der Waals surface area contributed by atoms with E-state index in [1.807, 2.05) is 36.0 Å². The molecule has 0 radical (unpaired) electrons. The van der Waals surface area contributed by atoms with E-state index in [0.717, 1.165) is 48.8 Å². The Kier molecular flexibility index (Phi) is 4.23. The molecule has 4 heterocycles. The number of pyridine rings is 1. The van der Waals surface area contributed by atoms with Crippen molar-refractivity contribution in [3.8, 4) is 17.5 Å². The summed E-state index contributed by atoms with van der Waals surface area (Å²) < 4.78 is 1.96. The van der Waals surface area contributed by atoms with Crippen LogP contribution in [0.25, 0.3) is 11.4 Å². The Hall–Kier alpha value is -3.04. The van der Waals surface area contributed by atoms with E-state index in [-0.39, 0.29) is 0 Å². The molecule has 130 valence electrons. The van der Waals surface area contributed by atoms with E-state index >= 15 is 0 Å².